The first-order valence-electron chi connectivity index (χ1n) is 12.6. The molecule has 1 N–H and O–H groups in total. The Morgan fingerprint density at radius 3 is 2.18 bits per heavy atom. The van der Waals surface area contributed by atoms with E-state index >= 15 is 0 Å². The van der Waals surface area contributed by atoms with Gasteiger partial charge in [-0.05, 0) is 34.6 Å². The van der Waals surface area contributed by atoms with E-state index in [1.807, 2.05) is 38.0 Å². The Labute approximate surface area is 202 Å². The summed E-state index contributed by atoms with van der Waals surface area (Å²) >= 11 is 0. The van der Waals surface area contributed by atoms with Gasteiger partial charge in [-0.3, -0.25) is 9.46 Å². The van der Waals surface area contributed by atoms with Crippen LogP contribution in [0.4, 0.5) is 0 Å². The van der Waals surface area contributed by atoms with Crippen LogP contribution < -0.4 is 5.32 Å². The number of hydrogen-bond acceptors (Lipinski definition) is 7. The van der Waals surface area contributed by atoms with Gasteiger partial charge in [-0.2, -0.15) is 0 Å². The lowest BCUT2D eigenvalue weighted by Crippen LogP contribution is -2.54. The van der Waals surface area contributed by atoms with Crippen molar-refractivity contribution >= 4 is 23.4 Å². The molecule has 3 fully saturated rings. The van der Waals surface area contributed by atoms with E-state index in [4.69, 9.17) is 18.7 Å². The van der Waals surface area contributed by atoms with Crippen LogP contribution in [0.5, 0.6) is 0 Å². The summed E-state index contributed by atoms with van der Waals surface area (Å²) < 4.78 is 43.4. The van der Waals surface area contributed by atoms with Gasteiger partial charge in [-0.15, -0.1) is 0 Å². The first kappa shape index (κ1) is 27.6. The molecule has 3 heterocycles. The third kappa shape index (κ3) is 8.02. The van der Waals surface area contributed by atoms with Crippen molar-refractivity contribution < 1.29 is 23.3 Å². The fraction of sp³-hybridized carbons (Fsp3) is 1.00. The third-order valence-corrected chi connectivity index (χ3v) is 8.97. The Kier molecular flexibility index (Phi) is 9.92. The molecule has 0 radical (unpaired) electrons. The zero-order chi connectivity index (χ0) is 24.2. The van der Waals surface area contributed by atoms with Gasteiger partial charge in [0.05, 0.1) is 31.0 Å². The van der Waals surface area contributed by atoms with Crippen molar-refractivity contribution in [3.63, 3.8) is 0 Å². The highest BCUT2D eigenvalue weighted by molar-refractivity contribution is 7.54. The van der Waals surface area contributed by atoms with Gasteiger partial charge in [0, 0.05) is 70.4 Å². The van der Waals surface area contributed by atoms with E-state index < -0.39 is 7.67 Å². The number of ether oxygens (including phenoxy) is 3. The molecule has 0 amide bonds. The van der Waals surface area contributed by atoms with Gasteiger partial charge < -0.3 is 24.1 Å². The molecule has 33 heavy (non-hydrogen) atoms. The zero-order valence-corrected chi connectivity index (χ0v) is 22.7. The van der Waals surface area contributed by atoms with Crippen LogP contribution in [0.3, 0.4) is 0 Å². The normalized spacial score (nSPS) is 33.3. The summed E-state index contributed by atoms with van der Waals surface area (Å²) in [6.07, 6.45) is -0.235. The molecule has 5 atom stereocenters. The van der Waals surface area contributed by atoms with Crippen molar-refractivity contribution in [1.82, 2.24) is 19.6 Å². The zero-order valence-electron chi connectivity index (χ0n) is 21.8. The van der Waals surface area contributed by atoms with Crippen LogP contribution >= 0.6 is 7.67 Å². The molecular weight excluding hydrogens is 441 g/mol. The highest BCUT2D eigenvalue weighted by Crippen LogP contribution is 2.55. The Bertz CT molecular complexity index is 665. The van der Waals surface area contributed by atoms with Crippen LogP contribution in [0.2, 0.25) is 0 Å². The smallest absolute Gasteiger partial charge is 0.346 e. The van der Waals surface area contributed by atoms with Gasteiger partial charge in [0.1, 0.15) is 15.7 Å². The van der Waals surface area contributed by atoms with Crippen LogP contribution in [0.25, 0.3) is 0 Å². The summed E-state index contributed by atoms with van der Waals surface area (Å²) in [4.78, 5) is 2.41. The summed E-state index contributed by atoms with van der Waals surface area (Å²) in [5.41, 5.74) is -0.245. The van der Waals surface area contributed by atoms with Crippen LogP contribution in [-0.4, -0.2) is 131 Å². The van der Waals surface area contributed by atoms with Gasteiger partial charge >= 0.3 is 7.67 Å². The standard InChI is InChI=1S/C21H45B2N4O5P/c1-16(2)25-10-17(31-19(22)12-25)15-30-33(28,26-8-6-24-7-9-26)27-11-18(32-20(23)13-27)14-29-21(3,4)5/h16-20,24H,6-15,22-23H2,1-5H3. The summed E-state index contributed by atoms with van der Waals surface area (Å²) in [6.45, 7) is 17.2. The fourth-order valence-electron chi connectivity index (χ4n) is 4.69. The number of nitrogens with zero attached hydrogens (tertiary/aromatic N) is 3. The molecule has 5 unspecified atom stereocenters. The van der Waals surface area contributed by atoms with E-state index in [9.17, 15) is 4.57 Å². The average molecular weight is 486 g/mol. The Morgan fingerprint density at radius 2 is 1.58 bits per heavy atom. The molecule has 12 heteroatoms. The van der Waals surface area contributed by atoms with Crippen LogP contribution in [-0.2, 0) is 23.3 Å². The number of nitrogens with one attached hydrogen (secondary N) is 1. The molecule has 3 rings (SSSR count). The van der Waals surface area contributed by atoms with Crippen molar-refractivity contribution in [3.05, 3.63) is 0 Å². The summed E-state index contributed by atoms with van der Waals surface area (Å²) in [7, 11) is 0.884. The molecule has 0 aromatic rings. The molecule has 190 valence electrons. The second-order valence-corrected chi connectivity index (χ2v) is 13.3. The minimum absolute atomic E-state index is 0.0467. The number of hydrogen-bond donors (Lipinski definition) is 1. The predicted octanol–water partition coefficient (Wildman–Crippen LogP) is -0.440. The van der Waals surface area contributed by atoms with Crippen molar-refractivity contribution in [3.8, 4) is 0 Å². The van der Waals surface area contributed by atoms with Gasteiger partial charge in [0.15, 0.2) is 0 Å². The second-order valence-electron chi connectivity index (χ2n) is 11.0. The van der Waals surface area contributed by atoms with E-state index in [0.29, 0.717) is 45.4 Å². The summed E-state index contributed by atoms with van der Waals surface area (Å²) in [5.74, 6) is 0. The van der Waals surface area contributed by atoms with E-state index in [-0.39, 0.29) is 29.8 Å². The van der Waals surface area contributed by atoms with Gasteiger partial charge in [-0.25, -0.2) is 9.34 Å². The lowest BCUT2D eigenvalue weighted by molar-refractivity contribution is -0.106. The van der Waals surface area contributed by atoms with Crippen molar-refractivity contribution in [2.75, 3.05) is 65.6 Å². The number of morpholine rings is 2. The quantitative estimate of drug-likeness (QED) is 0.363. The molecule has 0 aliphatic carbocycles. The van der Waals surface area contributed by atoms with Crippen LogP contribution in [0, 0.1) is 0 Å². The lowest BCUT2D eigenvalue weighted by Gasteiger charge is -2.46. The SMILES string of the molecule is BC1CN(C(C)C)CC(COP(=O)(N2CCNCC2)N2CC(B)OC(COC(C)(C)C)C2)O1. The molecule has 3 aliphatic heterocycles. The highest BCUT2D eigenvalue weighted by Gasteiger charge is 2.44. The molecular formula is C21H45B2N4O5P. The third-order valence-electron chi connectivity index (χ3n) is 6.33. The topological polar surface area (TPSA) is 75.7 Å². The average Bonchev–Trinajstić information content (AvgIpc) is 2.75. The molecule has 0 bridgehead atoms. The Hall–Kier alpha value is 0.0399. The van der Waals surface area contributed by atoms with E-state index in [0.717, 1.165) is 26.2 Å². The lowest BCUT2D eigenvalue weighted by atomic mass is 9.96. The van der Waals surface area contributed by atoms with Crippen LogP contribution in [0.1, 0.15) is 34.6 Å². The Balaban J connectivity index is 1.72. The summed E-state index contributed by atoms with van der Waals surface area (Å²) in [6, 6.07) is 0.535. The number of piperazine rings is 1. The maximum atomic E-state index is 14.6. The second kappa shape index (κ2) is 11.8. The monoisotopic (exact) mass is 486 g/mol. The van der Waals surface area contributed by atoms with E-state index in [1.54, 1.807) is 0 Å². The highest BCUT2D eigenvalue weighted by atomic mass is 31.2. The molecule has 3 aliphatic rings. The molecule has 9 nitrogen and oxygen atoms in total. The van der Waals surface area contributed by atoms with Gasteiger partial charge in [0.25, 0.3) is 0 Å². The molecule has 0 aromatic heterocycles. The van der Waals surface area contributed by atoms with Gasteiger partial charge in [-0.1, -0.05) is 0 Å². The predicted molar refractivity (Wildman–Crippen MR) is 136 cm³/mol. The molecule has 0 spiro atoms. The first-order chi connectivity index (χ1) is 15.5. The maximum Gasteiger partial charge on any atom is 0.346 e. The van der Waals surface area contributed by atoms with Crippen molar-refractivity contribution in [1.29, 1.82) is 0 Å². The molecule has 0 aromatic carbocycles. The summed E-state index contributed by atoms with van der Waals surface area (Å²) in [5, 5.41) is 3.36. The van der Waals surface area contributed by atoms with Crippen LogP contribution in [0.15, 0.2) is 0 Å². The Morgan fingerprint density at radius 1 is 0.970 bits per heavy atom. The van der Waals surface area contributed by atoms with E-state index in [1.165, 1.54) is 0 Å². The first-order valence-corrected chi connectivity index (χ1v) is 14.1. The molecule has 3 saturated heterocycles. The minimum Gasteiger partial charge on any atom is -0.379 e. The minimum atomic E-state index is -3.25. The van der Waals surface area contributed by atoms with Crippen molar-refractivity contribution in [2.24, 2.45) is 0 Å². The fourth-order valence-corrected chi connectivity index (χ4v) is 7.26. The maximum absolute atomic E-state index is 14.6. The largest absolute Gasteiger partial charge is 0.379 e. The van der Waals surface area contributed by atoms with Crippen molar-refractivity contribution in [2.45, 2.75) is 70.5 Å². The van der Waals surface area contributed by atoms with Gasteiger partial charge in [0.2, 0.25) is 0 Å². The molecule has 0 saturated carbocycles. The van der Waals surface area contributed by atoms with E-state index in [2.05, 4.69) is 31.9 Å². The number of rotatable bonds is 8.